The Labute approximate surface area is 138 Å². The van der Waals surface area contributed by atoms with Gasteiger partial charge < -0.3 is 14.4 Å². The second kappa shape index (κ2) is 7.93. The lowest BCUT2D eigenvalue weighted by molar-refractivity contribution is -0.139. The second-order valence-corrected chi connectivity index (χ2v) is 6.77. The van der Waals surface area contributed by atoms with Crippen molar-refractivity contribution < 1.29 is 14.3 Å². The van der Waals surface area contributed by atoms with Gasteiger partial charge in [0.1, 0.15) is 6.61 Å². The van der Waals surface area contributed by atoms with Gasteiger partial charge in [0, 0.05) is 19.7 Å². The second-order valence-electron chi connectivity index (χ2n) is 6.77. The van der Waals surface area contributed by atoms with Crippen LogP contribution in [0.3, 0.4) is 0 Å². The molecular formula is C19H27NO3. The molecule has 2 saturated heterocycles. The van der Waals surface area contributed by atoms with Crippen molar-refractivity contribution in [2.45, 2.75) is 38.2 Å². The van der Waals surface area contributed by atoms with Crippen molar-refractivity contribution in [3.63, 3.8) is 0 Å². The zero-order valence-corrected chi connectivity index (χ0v) is 13.9. The van der Waals surface area contributed by atoms with Crippen LogP contribution in [0.4, 0.5) is 0 Å². The average Bonchev–Trinajstić information content (AvgIpc) is 3.09. The Balaban J connectivity index is 1.44. The molecule has 1 amide bonds. The standard InChI is InChI=1S/C19H27NO3/c1-15-12-20(10-9-18(15)16-6-3-2-4-7-16)19(21)14-22-13-17-8-5-11-23-17/h2-4,6-7,15,17-18H,5,8-14H2,1H3. The van der Waals surface area contributed by atoms with E-state index >= 15 is 0 Å². The van der Waals surface area contributed by atoms with Gasteiger partial charge in [-0.05, 0) is 36.7 Å². The van der Waals surface area contributed by atoms with Crippen LogP contribution in [-0.2, 0) is 14.3 Å². The van der Waals surface area contributed by atoms with Crippen molar-refractivity contribution in [1.29, 1.82) is 0 Å². The van der Waals surface area contributed by atoms with E-state index in [1.807, 2.05) is 4.90 Å². The molecule has 2 aliphatic heterocycles. The van der Waals surface area contributed by atoms with Crippen molar-refractivity contribution in [3.8, 4) is 0 Å². The molecule has 0 radical (unpaired) electrons. The summed E-state index contributed by atoms with van der Waals surface area (Å²) in [7, 11) is 0. The van der Waals surface area contributed by atoms with Gasteiger partial charge >= 0.3 is 0 Å². The van der Waals surface area contributed by atoms with Gasteiger partial charge in [0.2, 0.25) is 5.91 Å². The van der Waals surface area contributed by atoms with Gasteiger partial charge in [-0.2, -0.15) is 0 Å². The summed E-state index contributed by atoms with van der Waals surface area (Å²) in [4.78, 5) is 14.3. The molecule has 126 valence electrons. The van der Waals surface area contributed by atoms with Gasteiger partial charge in [-0.25, -0.2) is 0 Å². The number of amides is 1. The molecule has 3 atom stereocenters. The molecule has 0 N–H and O–H groups in total. The van der Waals surface area contributed by atoms with Crippen molar-refractivity contribution in [3.05, 3.63) is 35.9 Å². The van der Waals surface area contributed by atoms with Crippen LogP contribution in [0.25, 0.3) is 0 Å². The Hall–Kier alpha value is -1.39. The molecule has 0 saturated carbocycles. The van der Waals surface area contributed by atoms with Crippen LogP contribution < -0.4 is 0 Å². The van der Waals surface area contributed by atoms with Crippen LogP contribution in [-0.4, -0.2) is 49.8 Å². The Morgan fingerprint density at radius 1 is 1.30 bits per heavy atom. The van der Waals surface area contributed by atoms with E-state index in [2.05, 4.69) is 37.3 Å². The fourth-order valence-corrected chi connectivity index (χ4v) is 3.71. The van der Waals surface area contributed by atoms with Gasteiger partial charge in [0.25, 0.3) is 0 Å². The summed E-state index contributed by atoms with van der Waals surface area (Å²) in [5.74, 6) is 1.14. The lowest BCUT2D eigenvalue weighted by Gasteiger charge is -2.37. The zero-order chi connectivity index (χ0) is 16.1. The van der Waals surface area contributed by atoms with E-state index in [1.54, 1.807) is 0 Å². The summed E-state index contributed by atoms with van der Waals surface area (Å²) in [6, 6.07) is 10.6. The predicted octanol–water partition coefficient (Wildman–Crippen LogP) is 2.83. The van der Waals surface area contributed by atoms with E-state index in [0.717, 1.165) is 39.0 Å². The molecule has 1 aromatic rings. The number of ether oxygens (including phenoxy) is 2. The molecule has 0 aliphatic carbocycles. The minimum Gasteiger partial charge on any atom is -0.376 e. The van der Waals surface area contributed by atoms with E-state index in [9.17, 15) is 4.79 Å². The topological polar surface area (TPSA) is 38.8 Å². The lowest BCUT2D eigenvalue weighted by Crippen LogP contribution is -2.44. The zero-order valence-electron chi connectivity index (χ0n) is 13.9. The van der Waals surface area contributed by atoms with Gasteiger partial charge in [-0.3, -0.25) is 4.79 Å². The molecule has 0 spiro atoms. The Kier molecular flexibility index (Phi) is 5.68. The van der Waals surface area contributed by atoms with E-state index in [1.165, 1.54) is 5.56 Å². The number of carbonyl (C=O) groups is 1. The molecule has 2 aliphatic rings. The molecule has 3 unspecified atom stereocenters. The van der Waals surface area contributed by atoms with Crippen LogP contribution >= 0.6 is 0 Å². The Bertz CT molecular complexity index is 499. The highest BCUT2D eigenvalue weighted by molar-refractivity contribution is 5.77. The molecule has 0 bridgehead atoms. The molecule has 4 nitrogen and oxygen atoms in total. The van der Waals surface area contributed by atoms with Crippen molar-refractivity contribution in [2.24, 2.45) is 5.92 Å². The quantitative estimate of drug-likeness (QED) is 0.838. The minimum atomic E-state index is 0.112. The predicted molar refractivity (Wildman–Crippen MR) is 89.3 cm³/mol. The molecule has 0 aromatic heterocycles. The van der Waals surface area contributed by atoms with Crippen LogP contribution in [0, 0.1) is 5.92 Å². The maximum atomic E-state index is 12.3. The monoisotopic (exact) mass is 317 g/mol. The summed E-state index contributed by atoms with van der Waals surface area (Å²) >= 11 is 0. The fourth-order valence-electron chi connectivity index (χ4n) is 3.71. The maximum absolute atomic E-state index is 12.3. The third-order valence-corrected chi connectivity index (χ3v) is 5.04. The number of hydrogen-bond acceptors (Lipinski definition) is 3. The molecule has 1 aromatic carbocycles. The number of carbonyl (C=O) groups excluding carboxylic acids is 1. The van der Waals surface area contributed by atoms with Gasteiger partial charge in [0.15, 0.2) is 0 Å². The number of likely N-dealkylation sites (tertiary alicyclic amines) is 1. The first-order valence-electron chi connectivity index (χ1n) is 8.76. The smallest absolute Gasteiger partial charge is 0.248 e. The van der Waals surface area contributed by atoms with Crippen LogP contribution in [0.1, 0.15) is 37.7 Å². The van der Waals surface area contributed by atoms with E-state index < -0.39 is 0 Å². The lowest BCUT2D eigenvalue weighted by atomic mass is 9.81. The third kappa shape index (κ3) is 4.33. The number of rotatable bonds is 5. The van der Waals surface area contributed by atoms with Gasteiger partial charge in [-0.15, -0.1) is 0 Å². The number of nitrogens with zero attached hydrogens (tertiary/aromatic N) is 1. The number of hydrogen-bond donors (Lipinski definition) is 0. The maximum Gasteiger partial charge on any atom is 0.248 e. The van der Waals surface area contributed by atoms with E-state index in [0.29, 0.717) is 18.4 Å². The van der Waals surface area contributed by atoms with Crippen molar-refractivity contribution in [2.75, 3.05) is 32.9 Å². The van der Waals surface area contributed by atoms with E-state index in [4.69, 9.17) is 9.47 Å². The highest BCUT2D eigenvalue weighted by atomic mass is 16.5. The van der Waals surface area contributed by atoms with Crippen molar-refractivity contribution >= 4 is 5.91 Å². The summed E-state index contributed by atoms with van der Waals surface area (Å²) < 4.78 is 11.1. The first-order valence-corrected chi connectivity index (χ1v) is 8.76. The highest BCUT2D eigenvalue weighted by Gasteiger charge is 2.29. The summed E-state index contributed by atoms with van der Waals surface area (Å²) in [5, 5.41) is 0. The SMILES string of the molecule is CC1CN(C(=O)COCC2CCCO2)CCC1c1ccccc1. The largest absolute Gasteiger partial charge is 0.376 e. The number of piperidine rings is 1. The normalized spacial score (nSPS) is 28.0. The summed E-state index contributed by atoms with van der Waals surface area (Å²) in [5.41, 5.74) is 1.39. The van der Waals surface area contributed by atoms with Crippen LogP contribution in [0.5, 0.6) is 0 Å². The molecule has 3 rings (SSSR count). The Morgan fingerprint density at radius 2 is 2.13 bits per heavy atom. The van der Waals surface area contributed by atoms with Gasteiger partial charge in [-0.1, -0.05) is 37.3 Å². The van der Waals surface area contributed by atoms with Crippen LogP contribution in [0.15, 0.2) is 30.3 Å². The number of benzene rings is 1. The molecule has 4 heteroatoms. The summed E-state index contributed by atoms with van der Waals surface area (Å²) in [6.45, 7) is 5.44. The minimum absolute atomic E-state index is 0.112. The highest BCUT2D eigenvalue weighted by Crippen LogP contribution is 2.32. The first kappa shape index (κ1) is 16.5. The molecule has 23 heavy (non-hydrogen) atoms. The fraction of sp³-hybridized carbons (Fsp3) is 0.632. The van der Waals surface area contributed by atoms with Gasteiger partial charge in [0.05, 0.1) is 12.7 Å². The van der Waals surface area contributed by atoms with Crippen molar-refractivity contribution in [1.82, 2.24) is 4.90 Å². The molecular weight excluding hydrogens is 290 g/mol. The average molecular weight is 317 g/mol. The van der Waals surface area contributed by atoms with Crippen LogP contribution in [0.2, 0.25) is 0 Å². The van der Waals surface area contributed by atoms with E-state index in [-0.39, 0.29) is 18.6 Å². The molecule has 2 heterocycles. The summed E-state index contributed by atoms with van der Waals surface area (Å²) in [6.07, 6.45) is 3.37. The first-order chi connectivity index (χ1) is 11.2. The Morgan fingerprint density at radius 3 is 2.83 bits per heavy atom. The third-order valence-electron chi connectivity index (χ3n) is 5.04. The molecule has 2 fully saturated rings.